The maximum absolute atomic E-state index is 11.7. The summed E-state index contributed by atoms with van der Waals surface area (Å²) in [6.07, 6.45) is 6.24. The Bertz CT molecular complexity index is 1040. The highest BCUT2D eigenvalue weighted by Gasteiger charge is 2.26. The van der Waals surface area contributed by atoms with E-state index < -0.39 is 10.0 Å². The summed E-state index contributed by atoms with van der Waals surface area (Å²) < 4.78 is 31.3. The van der Waals surface area contributed by atoms with Gasteiger partial charge in [0.2, 0.25) is 10.0 Å². The van der Waals surface area contributed by atoms with Gasteiger partial charge in [-0.2, -0.15) is 0 Å². The number of nitrogens with zero attached hydrogens (tertiary/aromatic N) is 2. The van der Waals surface area contributed by atoms with E-state index >= 15 is 0 Å². The van der Waals surface area contributed by atoms with Crippen molar-refractivity contribution in [2.75, 3.05) is 19.3 Å². The maximum Gasteiger partial charge on any atom is 0.211 e. The van der Waals surface area contributed by atoms with Gasteiger partial charge >= 0.3 is 0 Å². The van der Waals surface area contributed by atoms with Crippen LogP contribution in [-0.2, 0) is 10.0 Å². The van der Waals surface area contributed by atoms with Crippen molar-refractivity contribution in [2.24, 2.45) is 0 Å². The molecule has 2 heterocycles. The van der Waals surface area contributed by atoms with Gasteiger partial charge in [-0.05, 0) is 47.6 Å². The van der Waals surface area contributed by atoms with Crippen LogP contribution in [0.3, 0.4) is 0 Å². The largest absolute Gasteiger partial charge is 0.490 e. The molecule has 140 valence electrons. The smallest absolute Gasteiger partial charge is 0.211 e. The molecule has 1 aromatic heterocycles. The number of sulfonamides is 1. The van der Waals surface area contributed by atoms with Crippen LogP contribution in [0.15, 0.2) is 60.9 Å². The van der Waals surface area contributed by atoms with Crippen molar-refractivity contribution in [3.05, 3.63) is 60.9 Å². The van der Waals surface area contributed by atoms with E-state index in [0.29, 0.717) is 25.9 Å². The number of rotatable bonds is 4. The fourth-order valence-electron chi connectivity index (χ4n) is 3.52. The van der Waals surface area contributed by atoms with Crippen LogP contribution in [0.1, 0.15) is 12.8 Å². The number of aromatic nitrogens is 1. The second-order valence-electron chi connectivity index (χ2n) is 6.92. The molecule has 1 aliphatic rings. The maximum atomic E-state index is 11.7. The number of pyridine rings is 1. The molecule has 3 aromatic rings. The monoisotopic (exact) mass is 382 g/mol. The average Bonchev–Trinajstić information content (AvgIpc) is 2.68. The highest BCUT2D eigenvalue weighted by molar-refractivity contribution is 7.88. The molecule has 0 amide bonds. The highest BCUT2D eigenvalue weighted by atomic mass is 32.2. The fourth-order valence-corrected chi connectivity index (χ4v) is 4.40. The van der Waals surface area contributed by atoms with Crippen LogP contribution >= 0.6 is 0 Å². The molecule has 0 N–H and O–H groups in total. The first kappa shape index (κ1) is 17.9. The van der Waals surface area contributed by atoms with Gasteiger partial charge in [-0.3, -0.25) is 4.98 Å². The van der Waals surface area contributed by atoms with Gasteiger partial charge in [0.05, 0.1) is 6.26 Å². The van der Waals surface area contributed by atoms with Gasteiger partial charge in [0.15, 0.2) is 0 Å². The molecular formula is C21H22N2O3S. The predicted molar refractivity (Wildman–Crippen MR) is 107 cm³/mol. The number of hydrogen-bond donors (Lipinski definition) is 0. The van der Waals surface area contributed by atoms with Gasteiger partial charge in [0, 0.05) is 30.9 Å². The summed E-state index contributed by atoms with van der Waals surface area (Å²) in [7, 11) is -3.13. The average molecular weight is 382 g/mol. The Morgan fingerprint density at radius 1 is 1.04 bits per heavy atom. The Morgan fingerprint density at radius 3 is 2.48 bits per heavy atom. The lowest BCUT2D eigenvalue weighted by atomic mass is 10.0. The first-order valence-electron chi connectivity index (χ1n) is 9.06. The second-order valence-corrected chi connectivity index (χ2v) is 8.90. The number of benzene rings is 2. The van der Waals surface area contributed by atoms with Crippen LogP contribution < -0.4 is 4.74 Å². The van der Waals surface area contributed by atoms with Crippen molar-refractivity contribution in [3.8, 4) is 16.9 Å². The van der Waals surface area contributed by atoms with Crippen molar-refractivity contribution in [3.63, 3.8) is 0 Å². The molecule has 27 heavy (non-hydrogen) atoms. The van der Waals surface area contributed by atoms with Gasteiger partial charge < -0.3 is 4.74 Å². The molecule has 1 saturated heterocycles. The van der Waals surface area contributed by atoms with E-state index in [0.717, 1.165) is 27.6 Å². The normalized spacial score (nSPS) is 16.5. The molecule has 6 heteroatoms. The third kappa shape index (κ3) is 3.96. The van der Waals surface area contributed by atoms with Crippen molar-refractivity contribution in [1.82, 2.24) is 9.29 Å². The number of ether oxygens (including phenoxy) is 1. The van der Waals surface area contributed by atoms with Crippen LogP contribution in [0.5, 0.6) is 5.75 Å². The minimum atomic E-state index is -3.13. The zero-order valence-electron chi connectivity index (χ0n) is 15.2. The van der Waals surface area contributed by atoms with Gasteiger partial charge in [-0.15, -0.1) is 0 Å². The van der Waals surface area contributed by atoms with Crippen LogP contribution in [0, 0.1) is 0 Å². The first-order chi connectivity index (χ1) is 13.0. The minimum Gasteiger partial charge on any atom is -0.490 e. The number of piperidine rings is 1. The third-order valence-electron chi connectivity index (χ3n) is 4.99. The quantitative estimate of drug-likeness (QED) is 0.690. The van der Waals surface area contributed by atoms with Gasteiger partial charge in [-0.1, -0.05) is 30.3 Å². The molecule has 0 bridgehead atoms. The molecule has 0 spiro atoms. The third-order valence-corrected chi connectivity index (χ3v) is 6.29. The predicted octanol–water partition coefficient (Wildman–Crippen LogP) is 3.70. The Hall–Kier alpha value is -2.44. The lowest BCUT2D eigenvalue weighted by Gasteiger charge is -2.30. The van der Waals surface area contributed by atoms with Crippen molar-refractivity contribution in [1.29, 1.82) is 0 Å². The van der Waals surface area contributed by atoms with Crippen molar-refractivity contribution in [2.45, 2.75) is 18.9 Å². The van der Waals surface area contributed by atoms with Crippen LogP contribution in [-0.4, -0.2) is 43.2 Å². The highest BCUT2D eigenvalue weighted by Crippen LogP contribution is 2.33. The molecule has 0 aliphatic carbocycles. The van der Waals surface area contributed by atoms with Gasteiger partial charge in [0.1, 0.15) is 11.9 Å². The zero-order valence-corrected chi connectivity index (χ0v) is 16.0. The Morgan fingerprint density at radius 2 is 1.78 bits per heavy atom. The van der Waals surface area contributed by atoms with Crippen LogP contribution in [0.2, 0.25) is 0 Å². The summed E-state index contributed by atoms with van der Waals surface area (Å²) in [5, 5.41) is 2.05. The molecule has 2 aromatic carbocycles. The molecule has 0 saturated carbocycles. The first-order valence-corrected chi connectivity index (χ1v) is 10.9. The second kappa shape index (κ2) is 7.29. The van der Waals surface area contributed by atoms with Crippen LogP contribution in [0.25, 0.3) is 21.9 Å². The van der Waals surface area contributed by atoms with Crippen LogP contribution in [0.4, 0.5) is 0 Å². The Balaban J connectivity index is 1.63. The summed E-state index contributed by atoms with van der Waals surface area (Å²) in [5.41, 5.74) is 2.23. The lowest BCUT2D eigenvalue weighted by Crippen LogP contribution is -2.41. The molecule has 0 radical (unpaired) electrons. The standard InChI is InChI=1S/C21H22N2O3S/c1-27(24,25)23-11-8-19(9-12-23)26-21-14-18(16-5-3-2-4-6-16)13-17-7-10-22-15-20(17)21/h2-7,10,13-15,19H,8-9,11-12H2,1H3. The lowest BCUT2D eigenvalue weighted by molar-refractivity contribution is 0.137. The Labute approximate surface area is 159 Å². The van der Waals surface area contributed by atoms with E-state index in [1.165, 1.54) is 10.6 Å². The molecule has 0 atom stereocenters. The van der Waals surface area contributed by atoms with E-state index in [9.17, 15) is 8.42 Å². The van der Waals surface area contributed by atoms with Gasteiger partial charge in [-0.25, -0.2) is 12.7 Å². The van der Waals surface area contributed by atoms with E-state index in [1.807, 2.05) is 30.5 Å². The summed E-state index contributed by atoms with van der Waals surface area (Å²) in [6.45, 7) is 0.996. The van der Waals surface area contributed by atoms with E-state index in [-0.39, 0.29) is 6.10 Å². The molecule has 4 rings (SSSR count). The van der Waals surface area contributed by atoms with E-state index in [2.05, 4.69) is 29.2 Å². The SMILES string of the molecule is CS(=O)(=O)N1CCC(Oc2cc(-c3ccccc3)cc3ccncc23)CC1. The Kier molecular flexibility index (Phi) is 4.85. The van der Waals surface area contributed by atoms with E-state index in [1.54, 1.807) is 6.20 Å². The van der Waals surface area contributed by atoms with Crippen molar-refractivity contribution < 1.29 is 13.2 Å². The minimum absolute atomic E-state index is 0.00238. The topological polar surface area (TPSA) is 59.5 Å². The fraction of sp³-hybridized carbons (Fsp3) is 0.286. The summed E-state index contributed by atoms with van der Waals surface area (Å²) in [6, 6.07) is 16.4. The van der Waals surface area contributed by atoms with Crippen molar-refractivity contribution >= 4 is 20.8 Å². The zero-order chi connectivity index (χ0) is 18.9. The van der Waals surface area contributed by atoms with E-state index in [4.69, 9.17) is 4.74 Å². The van der Waals surface area contributed by atoms with Gasteiger partial charge in [0.25, 0.3) is 0 Å². The summed E-state index contributed by atoms with van der Waals surface area (Å²) in [4.78, 5) is 4.25. The molecule has 1 fully saturated rings. The molecule has 0 unspecified atom stereocenters. The summed E-state index contributed by atoms with van der Waals surface area (Å²) in [5.74, 6) is 0.803. The summed E-state index contributed by atoms with van der Waals surface area (Å²) >= 11 is 0. The molecular weight excluding hydrogens is 360 g/mol. The molecule has 1 aliphatic heterocycles. The molecule has 5 nitrogen and oxygen atoms in total. The number of hydrogen-bond acceptors (Lipinski definition) is 4. The number of fused-ring (bicyclic) bond motifs is 1.